The molecule has 1 aromatic carbocycles. The monoisotopic (exact) mass is 299 g/mol. The van der Waals surface area contributed by atoms with Gasteiger partial charge >= 0.3 is 0 Å². The minimum Gasteiger partial charge on any atom is -0.385 e. The third kappa shape index (κ3) is 4.73. The number of piperidine rings is 1. The lowest BCUT2D eigenvalue weighted by Crippen LogP contribution is -2.34. The highest BCUT2D eigenvalue weighted by Gasteiger charge is 2.28. The summed E-state index contributed by atoms with van der Waals surface area (Å²) in [7, 11) is 1.64. The average Bonchev–Trinajstić information content (AvgIpc) is 2.49. The summed E-state index contributed by atoms with van der Waals surface area (Å²) in [6.07, 6.45) is 2.45. The highest BCUT2D eigenvalue weighted by atomic mass is 19.1. The zero-order valence-electron chi connectivity index (χ0n) is 12.4. The van der Waals surface area contributed by atoms with E-state index in [9.17, 15) is 8.78 Å². The number of nitrogens with one attached hydrogen (secondary N) is 1. The van der Waals surface area contributed by atoms with Crippen LogP contribution in [0.25, 0.3) is 0 Å². The Morgan fingerprint density at radius 1 is 1.33 bits per heavy atom. The second-order valence-electron chi connectivity index (χ2n) is 5.41. The highest BCUT2D eigenvalue weighted by molar-refractivity contribution is 5.22. The minimum absolute atomic E-state index is 0.209. The van der Waals surface area contributed by atoms with Gasteiger partial charge in [0, 0.05) is 44.4 Å². The first-order chi connectivity index (χ1) is 10.2. The van der Waals surface area contributed by atoms with Crippen molar-refractivity contribution in [2.24, 2.45) is 5.92 Å². The van der Waals surface area contributed by atoms with Gasteiger partial charge < -0.3 is 14.8 Å². The van der Waals surface area contributed by atoms with E-state index in [2.05, 4.69) is 5.32 Å². The second-order valence-corrected chi connectivity index (χ2v) is 5.41. The quantitative estimate of drug-likeness (QED) is 0.785. The van der Waals surface area contributed by atoms with E-state index in [1.54, 1.807) is 7.11 Å². The third-order valence-electron chi connectivity index (χ3n) is 3.82. The molecule has 21 heavy (non-hydrogen) atoms. The number of methoxy groups -OCH3 is 1. The van der Waals surface area contributed by atoms with E-state index in [-0.39, 0.29) is 12.0 Å². The van der Waals surface area contributed by atoms with Crippen LogP contribution in [-0.4, -0.2) is 33.4 Å². The van der Waals surface area contributed by atoms with Crippen LogP contribution in [0.5, 0.6) is 0 Å². The first kappa shape index (κ1) is 16.3. The highest BCUT2D eigenvalue weighted by Crippen LogP contribution is 2.32. The molecule has 2 rings (SSSR count). The predicted octanol–water partition coefficient (Wildman–Crippen LogP) is 3.06. The summed E-state index contributed by atoms with van der Waals surface area (Å²) in [4.78, 5) is 0. The van der Waals surface area contributed by atoms with Crippen molar-refractivity contribution >= 4 is 0 Å². The Morgan fingerprint density at radius 3 is 2.86 bits per heavy atom. The predicted molar refractivity (Wildman–Crippen MR) is 77.1 cm³/mol. The molecular weight excluding hydrogens is 276 g/mol. The molecule has 118 valence electrons. The molecule has 0 spiro atoms. The lowest BCUT2D eigenvalue weighted by atomic mass is 9.89. The summed E-state index contributed by atoms with van der Waals surface area (Å²) in [5, 5.41) is 3.32. The van der Waals surface area contributed by atoms with E-state index in [1.165, 1.54) is 12.1 Å². The molecule has 2 atom stereocenters. The number of hydrogen-bond acceptors (Lipinski definition) is 3. The van der Waals surface area contributed by atoms with Crippen molar-refractivity contribution in [3.8, 4) is 0 Å². The summed E-state index contributed by atoms with van der Waals surface area (Å²) in [6.45, 7) is 2.90. The Hall–Kier alpha value is -1.04. The van der Waals surface area contributed by atoms with Crippen molar-refractivity contribution in [3.05, 3.63) is 35.4 Å². The molecule has 1 unspecified atom stereocenters. The molecular formula is C16H23F2NO2. The van der Waals surface area contributed by atoms with E-state index in [1.807, 2.05) is 0 Å². The van der Waals surface area contributed by atoms with Crippen molar-refractivity contribution in [1.82, 2.24) is 5.32 Å². The van der Waals surface area contributed by atoms with Gasteiger partial charge in [0.15, 0.2) is 0 Å². The van der Waals surface area contributed by atoms with Crippen molar-refractivity contribution in [1.29, 1.82) is 0 Å². The zero-order chi connectivity index (χ0) is 15.1. The second kappa shape index (κ2) is 8.41. The Kier molecular flexibility index (Phi) is 6.54. The van der Waals surface area contributed by atoms with Crippen LogP contribution in [-0.2, 0) is 9.47 Å². The molecule has 1 fully saturated rings. The SMILES string of the molecule is COCCCO[C@@H](c1ccc(F)cc1F)C1CCCNC1. The largest absolute Gasteiger partial charge is 0.385 e. The fourth-order valence-corrected chi connectivity index (χ4v) is 2.76. The maximum Gasteiger partial charge on any atom is 0.131 e. The first-order valence-electron chi connectivity index (χ1n) is 7.48. The maximum absolute atomic E-state index is 14.1. The fourth-order valence-electron chi connectivity index (χ4n) is 2.76. The summed E-state index contributed by atoms with van der Waals surface area (Å²) < 4.78 is 38.1. The van der Waals surface area contributed by atoms with Crippen molar-refractivity contribution in [2.45, 2.75) is 25.4 Å². The van der Waals surface area contributed by atoms with Crippen molar-refractivity contribution in [2.75, 3.05) is 33.4 Å². The molecule has 0 saturated carbocycles. The molecule has 1 heterocycles. The van der Waals surface area contributed by atoms with Crippen molar-refractivity contribution < 1.29 is 18.3 Å². The molecule has 1 aliphatic heterocycles. The standard InChI is InChI=1S/C16H23F2NO2/c1-20-8-3-9-21-16(12-4-2-7-19-11-12)14-6-5-13(17)10-15(14)18/h5-6,10,12,16,19H,2-4,7-9,11H2,1H3/t12?,16-/m1/s1. The average molecular weight is 299 g/mol. The van der Waals surface area contributed by atoms with Crippen LogP contribution >= 0.6 is 0 Å². The van der Waals surface area contributed by atoms with Crippen LogP contribution in [0.1, 0.15) is 30.9 Å². The minimum atomic E-state index is -0.559. The zero-order valence-corrected chi connectivity index (χ0v) is 12.4. The molecule has 0 aliphatic carbocycles. The van der Waals surface area contributed by atoms with Crippen LogP contribution in [0, 0.1) is 17.6 Å². The molecule has 0 radical (unpaired) electrons. The number of ether oxygens (including phenoxy) is 2. The third-order valence-corrected chi connectivity index (χ3v) is 3.82. The molecule has 1 N–H and O–H groups in total. The van der Waals surface area contributed by atoms with E-state index in [0.29, 0.717) is 18.8 Å². The van der Waals surface area contributed by atoms with Gasteiger partial charge in [-0.1, -0.05) is 6.07 Å². The Morgan fingerprint density at radius 2 is 2.19 bits per heavy atom. The van der Waals surface area contributed by atoms with Gasteiger partial charge in [-0.3, -0.25) is 0 Å². The molecule has 5 heteroatoms. The molecule has 0 amide bonds. The molecule has 1 aromatic rings. The Labute approximate surface area is 124 Å². The van der Waals surface area contributed by atoms with Gasteiger partial charge in [0.05, 0.1) is 6.10 Å². The summed E-state index contributed by atoms with van der Waals surface area (Å²) in [5.41, 5.74) is 0.447. The number of benzene rings is 1. The molecule has 0 bridgehead atoms. The normalized spacial score (nSPS) is 20.4. The van der Waals surface area contributed by atoms with Crippen LogP contribution in [0.3, 0.4) is 0 Å². The molecule has 1 saturated heterocycles. The number of rotatable bonds is 7. The van der Waals surface area contributed by atoms with Gasteiger partial charge in [-0.2, -0.15) is 0 Å². The number of halogens is 2. The number of hydrogen-bond donors (Lipinski definition) is 1. The van der Waals surface area contributed by atoms with E-state index in [4.69, 9.17) is 9.47 Å². The van der Waals surface area contributed by atoms with Crippen molar-refractivity contribution in [3.63, 3.8) is 0 Å². The van der Waals surface area contributed by atoms with Gasteiger partial charge in [0.25, 0.3) is 0 Å². The smallest absolute Gasteiger partial charge is 0.131 e. The van der Waals surface area contributed by atoms with E-state index < -0.39 is 11.6 Å². The Balaban J connectivity index is 2.09. The van der Waals surface area contributed by atoms with Gasteiger partial charge in [-0.05, 0) is 31.9 Å². The Bertz CT molecular complexity index is 436. The molecule has 0 aromatic heterocycles. The summed E-state index contributed by atoms with van der Waals surface area (Å²) in [5.74, 6) is -0.880. The van der Waals surface area contributed by atoms with Crippen LogP contribution in [0.15, 0.2) is 18.2 Å². The van der Waals surface area contributed by atoms with Gasteiger partial charge in [0.2, 0.25) is 0 Å². The summed E-state index contributed by atoms with van der Waals surface area (Å²) in [6, 6.07) is 3.72. The fraction of sp³-hybridized carbons (Fsp3) is 0.625. The van der Waals surface area contributed by atoms with Crippen LogP contribution < -0.4 is 5.32 Å². The van der Waals surface area contributed by atoms with E-state index >= 15 is 0 Å². The van der Waals surface area contributed by atoms with E-state index in [0.717, 1.165) is 38.4 Å². The molecule has 3 nitrogen and oxygen atoms in total. The maximum atomic E-state index is 14.1. The summed E-state index contributed by atoms with van der Waals surface area (Å²) >= 11 is 0. The molecule has 1 aliphatic rings. The topological polar surface area (TPSA) is 30.5 Å². The van der Waals surface area contributed by atoms with Gasteiger partial charge in [0.1, 0.15) is 11.6 Å². The van der Waals surface area contributed by atoms with Gasteiger partial charge in [-0.15, -0.1) is 0 Å². The lowest BCUT2D eigenvalue weighted by molar-refractivity contribution is -0.00702. The first-order valence-corrected chi connectivity index (χ1v) is 7.48. The lowest BCUT2D eigenvalue weighted by Gasteiger charge is -2.31. The van der Waals surface area contributed by atoms with Crippen LogP contribution in [0.4, 0.5) is 8.78 Å². The van der Waals surface area contributed by atoms with Gasteiger partial charge in [-0.25, -0.2) is 8.78 Å². The van der Waals surface area contributed by atoms with Crippen LogP contribution in [0.2, 0.25) is 0 Å².